The largest absolute Gasteiger partial charge is 0.480 e. The highest BCUT2D eigenvalue weighted by molar-refractivity contribution is 5.88. The van der Waals surface area contributed by atoms with Crippen LogP contribution in [0.3, 0.4) is 0 Å². The zero-order valence-corrected chi connectivity index (χ0v) is 19.4. The van der Waals surface area contributed by atoms with E-state index in [9.17, 15) is 24.6 Å². The van der Waals surface area contributed by atoms with Crippen LogP contribution < -0.4 is 5.32 Å². The zero-order valence-electron chi connectivity index (χ0n) is 19.4. The van der Waals surface area contributed by atoms with Gasteiger partial charge in [0.1, 0.15) is 12.6 Å². The number of carbonyl (C=O) groups excluding carboxylic acids is 2. The monoisotopic (exact) mass is 466 g/mol. The van der Waals surface area contributed by atoms with Crippen molar-refractivity contribution in [3.05, 3.63) is 59.7 Å². The highest BCUT2D eigenvalue weighted by Gasteiger charge is 2.43. The second-order valence-electron chi connectivity index (χ2n) is 9.59. The van der Waals surface area contributed by atoms with Gasteiger partial charge in [0.15, 0.2) is 0 Å². The number of β-amino-alcohol motifs (C(OH)–C–C–N with tert-alkyl or cyclic N) is 1. The number of ether oxygens (including phenoxy) is 1. The van der Waals surface area contributed by atoms with Crippen molar-refractivity contribution >= 4 is 18.0 Å². The summed E-state index contributed by atoms with van der Waals surface area (Å²) in [4.78, 5) is 38.0. The number of nitrogens with zero attached hydrogens (tertiary/aromatic N) is 1. The first-order valence-electron chi connectivity index (χ1n) is 11.5. The number of alkyl carbamates (subject to hydrolysis) is 1. The first-order chi connectivity index (χ1) is 16.2. The molecular formula is C26H30N2O6. The molecule has 180 valence electrons. The first kappa shape index (κ1) is 23.8. The molecule has 2 atom stereocenters. The Labute approximate surface area is 198 Å². The van der Waals surface area contributed by atoms with E-state index in [4.69, 9.17) is 4.74 Å². The number of likely N-dealkylation sites (tertiary alicyclic amines) is 1. The number of carboxylic acid groups (broad SMARTS) is 1. The van der Waals surface area contributed by atoms with E-state index in [0.29, 0.717) is 6.42 Å². The van der Waals surface area contributed by atoms with Crippen LogP contribution >= 0.6 is 0 Å². The van der Waals surface area contributed by atoms with Crippen LogP contribution in [0.4, 0.5) is 4.79 Å². The van der Waals surface area contributed by atoms with Gasteiger partial charge < -0.3 is 25.2 Å². The third-order valence-corrected chi connectivity index (χ3v) is 6.77. The molecule has 1 fully saturated rings. The highest BCUT2D eigenvalue weighted by atomic mass is 16.5. The molecule has 4 rings (SSSR count). The molecule has 34 heavy (non-hydrogen) atoms. The predicted molar refractivity (Wildman–Crippen MR) is 125 cm³/mol. The van der Waals surface area contributed by atoms with Crippen LogP contribution in [-0.4, -0.2) is 64.9 Å². The standard InChI is InChI=1S/C26H30N2O6/c1-26(2,24(32)28-14-16(29)13-22(28)23(30)31)11-12-27-25(33)34-15-21-19-9-5-3-7-17(19)18-8-4-6-10-20(18)21/h3-10,16,21-22,29H,11-15H2,1-2H3,(H,27,33)(H,30,31)/t16-,22-/m0/s1. The molecule has 0 saturated carbocycles. The summed E-state index contributed by atoms with van der Waals surface area (Å²) >= 11 is 0. The van der Waals surface area contributed by atoms with E-state index in [-0.39, 0.29) is 37.9 Å². The molecule has 0 unspecified atom stereocenters. The third kappa shape index (κ3) is 4.63. The Bertz CT molecular complexity index is 1050. The molecule has 8 nitrogen and oxygen atoms in total. The number of amides is 2. The molecule has 0 aromatic heterocycles. The molecule has 0 spiro atoms. The fraction of sp³-hybridized carbons (Fsp3) is 0.423. The van der Waals surface area contributed by atoms with Crippen molar-refractivity contribution in [1.29, 1.82) is 0 Å². The highest BCUT2D eigenvalue weighted by Crippen LogP contribution is 2.44. The van der Waals surface area contributed by atoms with Crippen molar-refractivity contribution in [2.75, 3.05) is 19.7 Å². The van der Waals surface area contributed by atoms with Gasteiger partial charge in [-0.3, -0.25) is 4.79 Å². The summed E-state index contributed by atoms with van der Waals surface area (Å²) in [5.41, 5.74) is 3.65. The number of aliphatic hydroxyl groups is 1. The van der Waals surface area contributed by atoms with Crippen molar-refractivity contribution in [3.63, 3.8) is 0 Å². The van der Waals surface area contributed by atoms with E-state index < -0.39 is 29.6 Å². The molecule has 2 aliphatic rings. The maximum absolute atomic E-state index is 12.9. The quantitative estimate of drug-likeness (QED) is 0.578. The topological polar surface area (TPSA) is 116 Å². The minimum atomic E-state index is -1.13. The lowest BCUT2D eigenvalue weighted by molar-refractivity contribution is -0.152. The van der Waals surface area contributed by atoms with Crippen molar-refractivity contribution < 1.29 is 29.3 Å². The fourth-order valence-corrected chi connectivity index (χ4v) is 4.89. The Kier molecular flexibility index (Phi) is 6.61. The molecule has 3 N–H and O–H groups in total. The Hall–Kier alpha value is -3.39. The van der Waals surface area contributed by atoms with Crippen molar-refractivity contribution in [2.24, 2.45) is 5.41 Å². The summed E-state index contributed by atoms with van der Waals surface area (Å²) in [7, 11) is 0. The average Bonchev–Trinajstić information content (AvgIpc) is 3.35. The normalized spacial score (nSPS) is 19.4. The van der Waals surface area contributed by atoms with Crippen LogP contribution in [0.5, 0.6) is 0 Å². The number of aliphatic carboxylic acids is 1. The van der Waals surface area contributed by atoms with Gasteiger partial charge >= 0.3 is 12.1 Å². The maximum Gasteiger partial charge on any atom is 0.407 e. The van der Waals surface area contributed by atoms with Crippen molar-refractivity contribution in [3.8, 4) is 11.1 Å². The van der Waals surface area contributed by atoms with Gasteiger partial charge in [0.05, 0.1) is 6.10 Å². The fourth-order valence-electron chi connectivity index (χ4n) is 4.89. The number of carboxylic acids is 1. The number of rotatable bonds is 7. The van der Waals surface area contributed by atoms with Gasteiger partial charge in [-0.25, -0.2) is 9.59 Å². The number of hydrogen-bond donors (Lipinski definition) is 3. The van der Waals surface area contributed by atoms with E-state index in [1.807, 2.05) is 24.3 Å². The summed E-state index contributed by atoms with van der Waals surface area (Å²) in [5, 5.41) is 21.9. The zero-order chi connectivity index (χ0) is 24.5. The number of nitrogens with one attached hydrogen (secondary N) is 1. The van der Waals surface area contributed by atoms with Gasteiger partial charge in [-0.2, -0.15) is 0 Å². The van der Waals surface area contributed by atoms with Crippen LogP contribution in [0, 0.1) is 5.41 Å². The van der Waals surface area contributed by atoms with Gasteiger partial charge in [-0.05, 0) is 28.7 Å². The number of benzene rings is 2. The number of fused-ring (bicyclic) bond motifs is 3. The van der Waals surface area contributed by atoms with Gasteiger partial charge in [0.2, 0.25) is 5.91 Å². The molecule has 2 aromatic carbocycles. The Morgan fingerprint density at radius 1 is 1.06 bits per heavy atom. The molecule has 1 aliphatic heterocycles. The minimum Gasteiger partial charge on any atom is -0.480 e. The molecule has 0 radical (unpaired) electrons. The molecule has 2 amide bonds. The van der Waals surface area contributed by atoms with Gasteiger partial charge in [-0.1, -0.05) is 62.4 Å². The number of hydrogen-bond acceptors (Lipinski definition) is 5. The lowest BCUT2D eigenvalue weighted by Crippen LogP contribution is -2.47. The molecule has 8 heteroatoms. The van der Waals surface area contributed by atoms with Crippen LogP contribution in [0.2, 0.25) is 0 Å². The van der Waals surface area contributed by atoms with Crippen LogP contribution in [0.1, 0.15) is 43.7 Å². The van der Waals surface area contributed by atoms with E-state index in [1.54, 1.807) is 13.8 Å². The Morgan fingerprint density at radius 2 is 1.65 bits per heavy atom. The summed E-state index contributed by atoms with van der Waals surface area (Å²) < 4.78 is 5.52. The summed E-state index contributed by atoms with van der Waals surface area (Å²) in [5.74, 6) is -1.52. The first-order valence-corrected chi connectivity index (χ1v) is 11.5. The third-order valence-electron chi connectivity index (χ3n) is 6.77. The van der Waals surface area contributed by atoms with Crippen LogP contribution in [-0.2, 0) is 14.3 Å². The maximum atomic E-state index is 12.9. The smallest absolute Gasteiger partial charge is 0.407 e. The van der Waals surface area contributed by atoms with E-state index in [0.717, 1.165) is 22.3 Å². The lowest BCUT2D eigenvalue weighted by atomic mass is 9.87. The number of aliphatic hydroxyl groups excluding tert-OH is 1. The molecule has 1 heterocycles. The van der Waals surface area contributed by atoms with Gasteiger partial charge in [0.25, 0.3) is 0 Å². The summed E-state index contributed by atoms with van der Waals surface area (Å²) in [6.45, 7) is 3.81. The second kappa shape index (κ2) is 9.46. The minimum absolute atomic E-state index is 0.000955. The summed E-state index contributed by atoms with van der Waals surface area (Å²) in [6, 6.07) is 15.2. The SMILES string of the molecule is CC(C)(CCNC(=O)OCC1c2ccccc2-c2ccccc21)C(=O)N1C[C@@H](O)C[C@H]1C(=O)O. The van der Waals surface area contributed by atoms with Gasteiger partial charge in [0, 0.05) is 30.8 Å². The molecular weight excluding hydrogens is 436 g/mol. The summed E-state index contributed by atoms with van der Waals surface area (Å²) in [6.07, 6.45) is -1.09. The van der Waals surface area contributed by atoms with Gasteiger partial charge in [-0.15, -0.1) is 0 Å². The van der Waals surface area contributed by atoms with E-state index in [2.05, 4.69) is 29.6 Å². The molecule has 1 aliphatic carbocycles. The average molecular weight is 467 g/mol. The molecule has 2 aromatic rings. The lowest BCUT2D eigenvalue weighted by Gasteiger charge is -2.31. The van der Waals surface area contributed by atoms with Crippen molar-refractivity contribution in [1.82, 2.24) is 10.2 Å². The Balaban J connectivity index is 1.30. The predicted octanol–water partition coefficient (Wildman–Crippen LogP) is 2.99. The Morgan fingerprint density at radius 3 is 2.24 bits per heavy atom. The van der Waals surface area contributed by atoms with E-state index in [1.165, 1.54) is 4.90 Å². The van der Waals surface area contributed by atoms with Crippen LogP contribution in [0.25, 0.3) is 11.1 Å². The van der Waals surface area contributed by atoms with E-state index >= 15 is 0 Å². The molecule has 1 saturated heterocycles. The second-order valence-corrected chi connectivity index (χ2v) is 9.59. The van der Waals surface area contributed by atoms with Crippen LogP contribution in [0.15, 0.2) is 48.5 Å². The number of carbonyl (C=O) groups is 3. The molecule has 0 bridgehead atoms. The van der Waals surface area contributed by atoms with Crippen molar-refractivity contribution in [2.45, 2.75) is 44.8 Å².